The Morgan fingerprint density at radius 3 is 2.41 bits per heavy atom. The van der Waals surface area contributed by atoms with Crippen molar-refractivity contribution in [3.63, 3.8) is 0 Å². The molecule has 0 N–H and O–H groups in total. The molecule has 5 rings (SSSR count). The fourth-order valence-corrected chi connectivity index (χ4v) is 5.89. The summed E-state index contributed by atoms with van der Waals surface area (Å²) in [5, 5.41) is 1.55. The molecule has 0 aliphatic carbocycles. The summed E-state index contributed by atoms with van der Waals surface area (Å²) in [5.41, 5.74) is 3.82. The number of aryl methyl sites for hydroxylation is 1. The zero-order chi connectivity index (χ0) is 22.2. The molecule has 3 aromatic carbocycles. The van der Waals surface area contributed by atoms with E-state index in [9.17, 15) is 4.79 Å². The molecule has 0 saturated carbocycles. The van der Waals surface area contributed by atoms with Crippen LogP contribution in [-0.4, -0.2) is 25.2 Å². The van der Waals surface area contributed by atoms with E-state index in [1.807, 2.05) is 86.8 Å². The Hall–Kier alpha value is -3.16. The number of carbonyl (C=O) groups is 1. The second-order valence-electron chi connectivity index (χ2n) is 7.44. The number of amidine groups is 1. The summed E-state index contributed by atoms with van der Waals surface area (Å²) < 4.78 is 5.38. The van der Waals surface area contributed by atoms with Crippen LogP contribution in [0.2, 0.25) is 0 Å². The molecule has 0 aromatic heterocycles. The van der Waals surface area contributed by atoms with Crippen LogP contribution in [0.5, 0.6) is 5.75 Å². The van der Waals surface area contributed by atoms with Crippen molar-refractivity contribution >= 4 is 51.7 Å². The molecule has 2 aliphatic rings. The molecule has 0 atom stereocenters. The van der Waals surface area contributed by atoms with Crippen LogP contribution in [-0.2, 0) is 4.79 Å². The summed E-state index contributed by atoms with van der Waals surface area (Å²) in [4.78, 5) is 24.0. The Morgan fingerprint density at radius 2 is 1.69 bits per heavy atom. The Balaban J connectivity index is 1.59. The van der Waals surface area contributed by atoms with Crippen LogP contribution in [0.25, 0.3) is 0 Å². The van der Waals surface area contributed by atoms with E-state index >= 15 is 0 Å². The van der Waals surface area contributed by atoms with Crippen LogP contribution < -0.4 is 14.5 Å². The van der Waals surface area contributed by atoms with E-state index in [-0.39, 0.29) is 5.91 Å². The van der Waals surface area contributed by atoms with Crippen LogP contribution in [0.1, 0.15) is 5.56 Å². The van der Waals surface area contributed by atoms with Gasteiger partial charge in [0.05, 0.1) is 29.2 Å². The second kappa shape index (κ2) is 8.41. The molecule has 0 spiro atoms. The summed E-state index contributed by atoms with van der Waals surface area (Å²) in [7, 11) is 3.64. The maximum atomic E-state index is 13.7. The minimum atomic E-state index is -0.0683. The highest BCUT2D eigenvalue weighted by atomic mass is 32.2. The van der Waals surface area contributed by atoms with Gasteiger partial charge < -0.3 is 9.64 Å². The van der Waals surface area contributed by atoms with Gasteiger partial charge in [-0.2, -0.15) is 0 Å². The van der Waals surface area contributed by atoms with Crippen molar-refractivity contribution in [1.82, 2.24) is 0 Å². The maximum absolute atomic E-state index is 13.7. The van der Waals surface area contributed by atoms with Gasteiger partial charge in [0.1, 0.15) is 10.7 Å². The van der Waals surface area contributed by atoms with Gasteiger partial charge in [0.25, 0.3) is 5.91 Å². The molecule has 2 heterocycles. The summed E-state index contributed by atoms with van der Waals surface area (Å²) in [6.45, 7) is 2.05. The van der Waals surface area contributed by atoms with Gasteiger partial charge in [-0.25, -0.2) is 4.99 Å². The molecule has 0 bridgehead atoms. The van der Waals surface area contributed by atoms with Crippen LogP contribution in [0.4, 0.5) is 17.1 Å². The van der Waals surface area contributed by atoms with Crippen LogP contribution in [0, 0.1) is 6.92 Å². The van der Waals surface area contributed by atoms with Crippen molar-refractivity contribution in [1.29, 1.82) is 0 Å². The Bertz CT molecular complexity index is 1250. The monoisotopic (exact) mass is 459 g/mol. The zero-order valence-electron chi connectivity index (χ0n) is 17.9. The molecule has 5 nitrogen and oxygen atoms in total. The van der Waals surface area contributed by atoms with Gasteiger partial charge in [0, 0.05) is 18.0 Å². The fraction of sp³-hybridized carbons (Fsp3) is 0.120. The first-order valence-corrected chi connectivity index (χ1v) is 11.7. The van der Waals surface area contributed by atoms with Crippen molar-refractivity contribution in [2.45, 2.75) is 11.8 Å². The predicted octanol–water partition coefficient (Wildman–Crippen LogP) is 6.18. The normalized spacial score (nSPS) is 19.1. The maximum Gasteiger partial charge on any atom is 0.274 e. The number of benzene rings is 3. The third-order valence-electron chi connectivity index (χ3n) is 5.29. The first-order chi connectivity index (χ1) is 15.5. The average molecular weight is 460 g/mol. The van der Waals surface area contributed by atoms with Gasteiger partial charge in [-0.1, -0.05) is 47.7 Å². The van der Waals surface area contributed by atoms with Gasteiger partial charge >= 0.3 is 0 Å². The summed E-state index contributed by atoms with van der Waals surface area (Å²) in [6.07, 6.45) is 0. The number of nitrogens with zero attached hydrogens (tertiary/aromatic N) is 3. The van der Waals surface area contributed by atoms with Crippen LogP contribution >= 0.6 is 23.5 Å². The Kier molecular flexibility index (Phi) is 5.45. The molecular weight excluding hydrogens is 438 g/mol. The number of ether oxygens (including phenoxy) is 1. The number of thioether (sulfide) groups is 2. The smallest absolute Gasteiger partial charge is 0.274 e. The number of hydrogen-bond donors (Lipinski definition) is 0. The number of anilines is 2. The molecule has 32 heavy (non-hydrogen) atoms. The van der Waals surface area contributed by atoms with Gasteiger partial charge in [-0.05, 0) is 55.1 Å². The highest BCUT2D eigenvalue weighted by Crippen LogP contribution is 2.51. The van der Waals surface area contributed by atoms with Crippen molar-refractivity contribution in [3.05, 3.63) is 88.3 Å². The van der Waals surface area contributed by atoms with Gasteiger partial charge in [-0.3, -0.25) is 9.69 Å². The SMILES string of the molecule is COc1ccc2c(c1)N(C)C(=C1SC(=Nc3ccc(C)cc3)N(c3ccccc3)C1=O)S2. The molecule has 1 fully saturated rings. The number of aliphatic imine (C=N–C) groups is 1. The molecule has 1 amide bonds. The number of hydrogen-bond acceptors (Lipinski definition) is 6. The summed E-state index contributed by atoms with van der Waals surface area (Å²) in [6, 6.07) is 23.6. The lowest BCUT2D eigenvalue weighted by atomic mass is 10.2. The van der Waals surface area contributed by atoms with Crippen LogP contribution in [0.3, 0.4) is 0 Å². The predicted molar refractivity (Wildman–Crippen MR) is 134 cm³/mol. The number of para-hydroxylation sites is 1. The first-order valence-electron chi connectivity index (χ1n) is 10.1. The quantitative estimate of drug-likeness (QED) is 0.438. The summed E-state index contributed by atoms with van der Waals surface area (Å²) in [5.74, 6) is 0.724. The molecule has 160 valence electrons. The fourth-order valence-electron chi connectivity index (χ4n) is 3.56. The summed E-state index contributed by atoms with van der Waals surface area (Å²) >= 11 is 3.01. The number of fused-ring (bicyclic) bond motifs is 1. The van der Waals surface area contributed by atoms with Crippen LogP contribution in [0.15, 0.2) is 92.6 Å². The number of carbonyl (C=O) groups excluding carboxylic acids is 1. The zero-order valence-corrected chi connectivity index (χ0v) is 19.5. The molecule has 0 unspecified atom stereocenters. The molecule has 3 aromatic rings. The van der Waals surface area contributed by atoms with E-state index in [0.29, 0.717) is 10.1 Å². The minimum absolute atomic E-state index is 0.0683. The lowest BCUT2D eigenvalue weighted by molar-refractivity contribution is -0.113. The largest absolute Gasteiger partial charge is 0.497 e. The third-order valence-corrected chi connectivity index (χ3v) is 7.68. The number of amides is 1. The first kappa shape index (κ1) is 20.7. The van der Waals surface area contributed by atoms with E-state index in [0.717, 1.165) is 32.7 Å². The lowest BCUT2D eigenvalue weighted by Gasteiger charge is -2.17. The lowest BCUT2D eigenvalue weighted by Crippen LogP contribution is -2.29. The highest BCUT2D eigenvalue weighted by Gasteiger charge is 2.40. The minimum Gasteiger partial charge on any atom is -0.497 e. The van der Waals surface area contributed by atoms with Gasteiger partial charge in [0.15, 0.2) is 5.17 Å². The molecule has 7 heteroatoms. The highest BCUT2D eigenvalue weighted by molar-refractivity contribution is 8.20. The molecule has 0 radical (unpaired) electrons. The Morgan fingerprint density at radius 1 is 0.938 bits per heavy atom. The van der Waals surface area contributed by atoms with E-state index in [1.165, 1.54) is 17.3 Å². The average Bonchev–Trinajstić information content (AvgIpc) is 3.31. The van der Waals surface area contributed by atoms with Crippen molar-refractivity contribution in [3.8, 4) is 5.75 Å². The van der Waals surface area contributed by atoms with E-state index < -0.39 is 0 Å². The van der Waals surface area contributed by atoms with E-state index in [2.05, 4.69) is 4.90 Å². The number of rotatable bonds is 3. The second-order valence-corrected chi connectivity index (χ2v) is 9.45. The van der Waals surface area contributed by atoms with Crippen molar-refractivity contribution < 1.29 is 9.53 Å². The van der Waals surface area contributed by atoms with Crippen molar-refractivity contribution in [2.24, 2.45) is 4.99 Å². The van der Waals surface area contributed by atoms with Gasteiger partial charge in [-0.15, -0.1) is 0 Å². The molecule has 1 saturated heterocycles. The topological polar surface area (TPSA) is 45.1 Å². The third kappa shape index (κ3) is 3.67. The van der Waals surface area contributed by atoms with E-state index in [1.54, 1.807) is 23.8 Å². The molecular formula is C25H21N3O2S2. The van der Waals surface area contributed by atoms with E-state index in [4.69, 9.17) is 9.73 Å². The standard InChI is InChI=1S/C25H21N3O2S2/c1-16-9-11-17(12-10-16)26-25-28(18-7-5-4-6-8-18)23(29)22(32-25)24-27(2)20-15-19(30-3)13-14-21(20)31-24/h4-15H,1-3H3. The molecule has 2 aliphatic heterocycles. The number of methoxy groups -OCH3 is 1. The Labute approximate surface area is 195 Å². The van der Waals surface area contributed by atoms with Crippen molar-refractivity contribution in [2.75, 3.05) is 24.0 Å². The van der Waals surface area contributed by atoms with Gasteiger partial charge in [0.2, 0.25) is 0 Å².